The van der Waals surface area contributed by atoms with Crippen molar-refractivity contribution in [3.8, 4) is 5.88 Å². The van der Waals surface area contributed by atoms with Crippen LogP contribution in [0, 0.1) is 4.91 Å². The van der Waals surface area contributed by atoms with Crippen molar-refractivity contribution in [2.75, 3.05) is 31.2 Å². The first-order valence-electron chi connectivity index (χ1n) is 10.7. The van der Waals surface area contributed by atoms with Gasteiger partial charge in [-0.25, -0.2) is 0 Å². The predicted octanol–water partition coefficient (Wildman–Crippen LogP) is 0.950. The quantitative estimate of drug-likeness (QED) is 0.513. The zero-order valence-electron chi connectivity index (χ0n) is 19.5. The predicted molar refractivity (Wildman–Crippen MR) is 118 cm³/mol. The zero-order valence-corrected chi connectivity index (χ0v) is 20.3. The molecular formula is C20H36N5O5S+. The third-order valence-electron chi connectivity index (χ3n) is 6.03. The molecule has 176 valence electrons. The molecule has 3 unspecified atom stereocenters. The summed E-state index contributed by atoms with van der Waals surface area (Å²) in [6.45, 7) is 14.2. The summed E-state index contributed by atoms with van der Waals surface area (Å²) in [7, 11) is 0. The number of β-amino-alcohol motifs (C(OH)–C–C–N with tert-alkyl or cyclic N) is 1. The molecule has 11 heteroatoms. The van der Waals surface area contributed by atoms with Gasteiger partial charge >= 0.3 is 0 Å². The minimum absolute atomic E-state index is 0.0614. The van der Waals surface area contributed by atoms with Gasteiger partial charge in [-0.2, -0.15) is 4.37 Å². The SMILES string of the molecule is CC(C)(C)NCC(O)COc1nsnc1N1C[C@@H](CO)OC2C1C(C)(C)[N+](=O)C2(C)C. The second-order valence-electron chi connectivity index (χ2n) is 10.5. The lowest BCUT2D eigenvalue weighted by Crippen LogP contribution is -2.62. The molecule has 3 N–H and O–H groups in total. The van der Waals surface area contributed by atoms with Gasteiger partial charge in [0.05, 0.1) is 24.4 Å². The highest BCUT2D eigenvalue weighted by Crippen LogP contribution is 2.46. The number of nitrogens with one attached hydrogen (secondary N) is 1. The van der Waals surface area contributed by atoms with Crippen LogP contribution in [0.25, 0.3) is 0 Å². The number of aromatic nitrogens is 2. The zero-order chi connectivity index (χ0) is 23.2. The number of hydrogen-bond donors (Lipinski definition) is 3. The highest BCUT2D eigenvalue weighted by molar-refractivity contribution is 6.99. The maximum atomic E-state index is 13.1. The van der Waals surface area contributed by atoms with E-state index in [1.807, 2.05) is 53.4 Å². The van der Waals surface area contributed by atoms with Crippen molar-refractivity contribution in [3.63, 3.8) is 0 Å². The Morgan fingerprint density at radius 1 is 1.32 bits per heavy atom. The topological polar surface area (TPSA) is 120 Å². The van der Waals surface area contributed by atoms with E-state index in [4.69, 9.17) is 9.47 Å². The lowest BCUT2D eigenvalue weighted by Gasteiger charge is -2.43. The van der Waals surface area contributed by atoms with E-state index in [0.29, 0.717) is 24.8 Å². The molecule has 2 saturated heterocycles. The minimum Gasteiger partial charge on any atom is -0.472 e. The van der Waals surface area contributed by atoms with Crippen molar-refractivity contribution in [1.29, 1.82) is 0 Å². The summed E-state index contributed by atoms with van der Waals surface area (Å²) in [5.74, 6) is 0.826. The third kappa shape index (κ3) is 4.70. The fourth-order valence-corrected chi connectivity index (χ4v) is 5.03. The van der Waals surface area contributed by atoms with Gasteiger partial charge in [-0.15, -0.1) is 4.37 Å². The van der Waals surface area contributed by atoms with Crippen molar-refractivity contribution in [2.45, 2.75) is 89.4 Å². The lowest BCUT2D eigenvalue weighted by molar-refractivity contribution is -0.662. The monoisotopic (exact) mass is 458 g/mol. The number of aliphatic hydroxyl groups is 2. The fraction of sp³-hybridized carbons (Fsp3) is 0.900. The van der Waals surface area contributed by atoms with Gasteiger partial charge < -0.3 is 29.9 Å². The van der Waals surface area contributed by atoms with Crippen molar-refractivity contribution in [1.82, 2.24) is 14.1 Å². The summed E-state index contributed by atoms with van der Waals surface area (Å²) < 4.78 is 21.8. The number of rotatable bonds is 7. The van der Waals surface area contributed by atoms with Crippen molar-refractivity contribution in [3.05, 3.63) is 4.91 Å². The Balaban J connectivity index is 1.82. The molecule has 0 bridgehead atoms. The summed E-state index contributed by atoms with van der Waals surface area (Å²) in [5.41, 5.74) is -1.65. The molecule has 0 saturated carbocycles. The van der Waals surface area contributed by atoms with E-state index in [1.165, 1.54) is 0 Å². The Kier molecular flexibility index (Phi) is 6.66. The number of nitrogens with zero attached hydrogens (tertiary/aromatic N) is 4. The maximum absolute atomic E-state index is 13.1. The van der Waals surface area contributed by atoms with Crippen LogP contribution in [0.3, 0.4) is 0 Å². The highest BCUT2D eigenvalue weighted by Gasteiger charge is 2.71. The van der Waals surface area contributed by atoms with Gasteiger partial charge in [-0.3, -0.25) is 0 Å². The summed E-state index contributed by atoms with van der Waals surface area (Å²) >= 11 is 1.01. The van der Waals surface area contributed by atoms with E-state index in [2.05, 4.69) is 14.1 Å². The average Bonchev–Trinajstić information content (AvgIpc) is 3.21. The summed E-state index contributed by atoms with van der Waals surface area (Å²) in [6, 6.07) is -0.304. The molecule has 3 rings (SSSR count). The van der Waals surface area contributed by atoms with Crippen molar-refractivity contribution in [2.24, 2.45) is 0 Å². The van der Waals surface area contributed by atoms with Crippen LogP contribution in [0.15, 0.2) is 0 Å². The van der Waals surface area contributed by atoms with Gasteiger partial charge in [0.1, 0.15) is 18.8 Å². The van der Waals surface area contributed by atoms with Gasteiger partial charge in [-0.05, 0) is 20.8 Å². The molecule has 31 heavy (non-hydrogen) atoms. The number of morpholine rings is 1. The van der Waals surface area contributed by atoms with Gasteiger partial charge in [0, 0.05) is 56.0 Å². The molecule has 1 aromatic rings. The molecule has 2 aliphatic heterocycles. The van der Waals surface area contributed by atoms with E-state index in [1.54, 1.807) is 0 Å². The number of anilines is 1. The second-order valence-corrected chi connectivity index (χ2v) is 11.1. The average molecular weight is 459 g/mol. The molecular weight excluding hydrogens is 422 g/mol. The summed E-state index contributed by atoms with van der Waals surface area (Å²) in [4.78, 5) is 15.1. The standard InChI is InChI=1S/C20H36N5O5S/c1-18(2,3)21-8-12(27)11-29-17-16(22-31-23-17)24-9-13(10-26)30-15-14(24)19(4,5)25(28)20(15,6)7/h12-15,21,26-27H,8-11H2,1-7H3/q+1/t12?,13-,14?,15?/m0/s1. The van der Waals surface area contributed by atoms with Crippen molar-refractivity contribution < 1.29 is 24.4 Å². The van der Waals surface area contributed by atoms with E-state index in [9.17, 15) is 15.1 Å². The largest absolute Gasteiger partial charge is 0.472 e. The van der Waals surface area contributed by atoms with Gasteiger partial charge in [0.2, 0.25) is 16.9 Å². The number of hydrogen-bond acceptors (Lipinski definition) is 10. The number of aliphatic hydroxyl groups excluding tert-OH is 2. The summed E-state index contributed by atoms with van der Waals surface area (Å²) in [5, 5.41) is 23.3. The van der Waals surface area contributed by atoms with E-state index in [-0.39, 0.29) is 24.8 Å². The Morgan fingerprint density at radius 3 is 2.61 bits per heavy atom. The van der Waals surface area contributed by atoms with Crippen LogP contribution in [0.5, 0.6) is 5.88 Å². The third-order valence-corrected chi connectivity index (χ3v) is 6.53. The van der Waals surface area contributed by atoms with Crippen LogP contribution >= 0.6 is 11.7 Å². The van der Waals surface area contributed by atoms with E-state index in [0.717, 1.165) is 16.5 Å². The first-order chi connectivity index (χ1) is 14.3. The van der Waals surface area contributed by atoms with Gasteiger partial charge in [0.15, 0.2) is 6.10 Å². The van der Waals surface area contributed by atoms with Crippen LogP contribution in [0.4, 0.5) is 5.82 Å². The molecule has 2 aliphatic rings. The molecule has 0 radical (unpaired) electrons. The lowest BCUT2D eigenvalue weighted by atomic mass is 9.88. The minimum atomic E-state index is -0.778. The molecule has 0 spiro atoms. The number of fused-ring (bicyclic) bond motifs is 1. The van der Waals surface area contributed by atoms with Crippen LogP contribution < -0.4 is 15.0 Å². The Labute approximate surface area is 187 Å². The van der Waals surface area contributed by atoms with Crippen LogP contribution in [0.1, 0.15) is 48.5 Å². The maximum Gasteiger partial charge on any atom is 0.270 e. The molecule has 4 atom stereocenters. The Morgan fingerprint density at radius 2 is 2.00 bits per heavy atom. The molecule has 2 fully saturated rings. The first-order valence-corrected chi connectivity index (χ1v) is 11.4. The van der Waals surface area contributed by atoms with Crippen molar-refractivity contribution >= 4 is 17.5 Å². The Hall–Kier alpha value is -1.40. The highest BCUT2D eigenvalue weighted by atomic mass is 32.1. The van der Waals surface area contributed by atoms with E-state index < -0.39 is 29.4 Å². The first kappa shape index (κ1) is 24.2. The normalized spacial score (nSPS) is 28.5. The van der Waals surface area contributed by atoms with Crippen LogP contribution in [-0.4, -0.2) is 91.0 Å². The van der Waals surface area contributed by atoms with Crippen LogP contribution in [0.2, 0.25) is 0 Å². The second kappa shape index (κ2) is 8.51. The number of nitroso groups, excluding NO2 is 1. The van der Waals surface area contributed by atoms with Gasteiger partial charge in [-0.1, -0.05) is 0 Å². The molecule has 0 aliphatic carbocycles. The molecule has 0 amide bonds. The van der Waals surface area contributed by atoms with Crippen LogP contribution in [-0.2, 0) is 4.74 Å². The molecule has 0 aromatic carbocycles. The van der Waals surface area contributed by atoms with E-state index >= 15 is 0 Å². The smallest absolute Gasteiger partial charge is 0.270 e. The number of ether oxygens (including phenoxy) is 2. The van der Waals surface area contributed by atoms with Gasteiger partial charge in [0.25, 0.3) is 5.88 Å². The fourth-order valence-electron chi connectivity index (χ4n) is 4.52. The molecule has 3 heterocycles. The Bertz CT molecular complexity index is 793. The molecule has 10 nitrogen and oxygen atoms in total. The summed E-state index contributed by atoms with van der Waals surface area (Å²) in [6.07, 6.45) is -1.60. The molecule has 1 aromatic heterocycles.